The standard InChI is InChI=1S/CH2N2OS2/c4-1-2-3(5)6/h5-6H. The average Bonchev–Trinajstić information content (AvgIpc) is 1.35. The zero-order chi connectivity index (χ0) is 4.99. The monoisotopic (exact) mass is 122 g/mol. The quantitative estimate of drug-likeness (QED) is 0.226. The summed E-state index contributed by atoms with van der Waals surface area (Å²) in [6, 6.07) is 0. The summed E-state index contributed by atoms with van der Waals surface area (Å²) in [5.74, 6) is 0. The van der Waals surface area contributed by atoms with Gasteiger partial charge in [0.05, 0.1) is 0 Å². The van der Waals surface area contributed by atoms with E-state index in [2.05, 4.69) is 30.7 Å². The van der Waals surface area contributed by atoms with E-state index in [1.807, 2.05) is 0 Å². The van der Waals surface area contributed by atoms with Gasteiger partial charge < -0.3 is 0 Å². The highest BCUT2D eigenvalue weighted by atomic mass is 32.2. The Balaban J connectivity index is 3.29. The SMILES string of the molecule is O=C=NN(S)S. The Morgan fingerprint density at radius 2 is 2.17 bits per heavy atom. The predicted octanol–water partition coefficient (Wildman–Crippen LogP) is 0.229. The fourth-order valence-corrected chi connectivity index (χ4v) is 0.110. The molecule has 0 heterocycles. The second kappa shape index (κ2) is 3.08. The molecule has 0 bridgehead atoms. The van der Waals surface area contributed by atoms with Gasteiger partial charge in [0.1, 0.15) is 0 Å². The number of isocyanates is 1. The first-order chi connectivity index (χ1) is 2.77. The van der Waals surface area contributed by atoms with E-state index >= 15 is 0 Å². The van der Waals surface area contributed by atoms with E-state index < -0.39 is 0 Å². The third kappa shape index (κ3) is 3.88. The van der Waals surface area contributed by atoms with E-state index in [-0.39, 0.29) is 0 Å². The average molecular weight is 122 g/mol. The number of hydrazone groups is 1. The molecule has 0 aliphatic heterocycles. The van der Waals surface area contributed by atoms with Crippen LogP contribution in [-0.4, -0.2) is 9.90 Å². The molecule has 0 aromatic heterocycles. The van der Waals surface area contributed by atoms with Crippen LogP contribution in [0.5, 0.6) is 0 Å². The Labute approximate surface area is 46.1 Å². The van der Waals surface area contributed by atoms with Crippen molar-refractivity contribution < 1.29 is 4.79 Å². The second-order valence-corrected chi connectivity index (χ2v) is 1.53. The van der Waals surface area contributed by atoms with Gasteiger partial charge in [-0.05, 0) is 25.6 Å². The van der Waals surface area contributed by atoms with Gasteiger partial charge in [-0.15, -0.1) is 0 Å². The van der Waals surface area contributed by atoms with Gasteiger partial charge in [0.2, 0.25) is 0 Å². The summed E-state index contributed by atoms with van der Waals surface area (Å²) < 4.78 is 0.771. The van der Waals surface area contributed by atoms with Crippen LogP contribution < -0.4 is 0 Å². The van der Waals surface area contributed by atoms with Gasteiger partial charge in [-0.2, -0.15) is 3.82 Å². The number of nitrogens with zero attached hydrogens (tertiary/aromatic N) is 2. The highest BCUT2D eigenvalue weighted by Gasteiger charge is 1.71. The molecule has 0 radical (unpaired) electrons. The zero-order valence-electron chi connectivity index (χ0n) is 2.70. The molecule has 0 aliphatic rings. The van der Waals surface area contributed by atoms with E-state index in [0.717, 1.165) is 3.82 Å². The Kier molecular flexibility index (Phi) is 3.02. The molecule has 0 rings (SSSR count). The van der Waals surface area contributed by atoms with Crippen LogP contribution in [0.2, 0.25) is 0 Å². The van der Waals surface area contributed by atoms with E-state index in [9.17, 15) is 4.79 Å². The molecule has 0 fully saturated rings. The number of hydrogen-bond acceptors (Lipinski definition) is 5. The molecule has 0 aromatic rings. The smallest absolute Gasteiger partial charge is 0.209 e. The summed E-state index contributed by atoms with van der Waals surface area (Å²) >= 11 is 6.89. The van der Waals surface area contributed by atoms with Gasteiger partial charge in [-0.1, -0.05) is 5.10 Å². The molecule has 34 valence electrons. The van der Waals surface area contributed by atoms with Gasteiger partial charge in [0.25, 0.3) is 6.08 Å². The van der Waals surface area contributed by atoms with Crippen LogP contribution in [0.3, 0.4) is 0 Å². The lowest BCUT2D eigenvalue weighted by Gasteiger charge is -1.89. The van der Waals surface area contributed by atoms with Crippen molar-refractivity contribution in [1.82, 2.24) is 3.82 Å². The Hall–Kier alpha value is -0.120. The molecule has 0 N–H and O–H groups in total. The van der Waals surface area contributed by atoms with E-state index in [1.165, 1.54) is 6.08 Å². The summed E-state index contributed by atoms with van der Waals surface area (Å²) in [5.41, 5.74) is 0. The Morgan fingerprint density at radius 1 is 1.67 bits per heavy atom. The van der Waals surface area contributed by atoms with Crippen molar-refractivity contribution in [1.29, 1.82) is 0 Å². The van der Waals surface area contributed by atoms with Crippen LogP contribution in [0.1, 0.15) is 0 Å². The molecule has 0 amide bonds. The molecule has 0 aromatic carbocycles. The number of thiol groups is 2. The van der Waals surface area contributed by atoms with Crippen molar-refractivity contribution in [3.63, 3.8) is 0 Å². The van der Waals surface area contributed by atoms with Gasteiger partial charge in [0, 0.05) is 0 Å². The maximum Gasteiger partial charge on any atom is 0.259 e. The molecular weight excluding hydrogens is 120 g/mol. The lowest BCUT2D eigenvalue weighted by molar-refractivity contribution is 0.558. The van der Waals surface area contributed by atoms with Gasteiger partial charge in [0.15, 0.2) is 0 Å². The molecule has 0 atom stereocenters. The fraction of sp³-hybridized carbons (Fsp3) is 0. The van der Waals surface area contributed by atoms with Gasteiger partial charge >= 0.3 is 0 Å². The summed E-state index contributed by atoms with van der Waals surface area (Å²) in [5, 5.41) is 2.88. The highest BCUT2D eigenvalue weighted by Crippen LogP contribution is 1.93. The molecule has 0 spiro atoms. The van der Waals surface area contributed by atoms with Crippen molar-refractivity contribution in [3.8, 4) is 0 Å². The van der Waals surface area contributed by atoms with Crippen molar-refractivity contribution in [2.75, 3.05) is 0 Å². The lowest BCUT2D eigenvalue weighted by atomic mass is 11.6. The van der Waals surface area contributed by atoms with Crippen molar-refractivity contribution in [3.05, 3.63) is 0 Å². The van der Waals surface area contributed by atoms with Crippen LogP contribution >= 0.6 is 25.6 Å². The largest absolute Gasteiger partial charge is 0.259 e. The molecule has 0 unspecified atom stereocenters. The first-order valence-corrected chi connectivity index (χ1v) is 1.83. The van der Waals surface area contributed by atoms with Crippen molar-refractivity contribution in [2.45, 2.75) is 0 Å². The lowest BCUT2D eigenvalue weighted by Crippen LogP contribution is -1.78. The summed E-state index contributed by atoms with van der Waals surface area (Å²) in [7, 11) is 0. The Morgan fingerprint density at radius 3 is 2.17 bits per heavy atom. The predicted molar refractivity (Wildman–Crippen MR) is 27.9 cm³/mol. The van der Waals surface area contributed by atoms with Crippen LogP contribution in [0.25, 0.3) is 0 Å². The van der Waals surface area contributed by atoms with E-state index in [4.69, 9.17) is 0 Å². The Bertz CT molecular complexity index is 75.6. The second-order valence-electron chi connectivity index (χ2n) is 0.460. The first-order valence-electron chi connectivity index (χ1n) is 1.03. The normalized spacial score (nSPS) is 6.33. The number of carbonyl (C=O) groups excluding carboxylic acids is 1. The minimum atomic E-state index is 0.771. The highest BCUT2D eigenvalue weighted by molar-refractivity contribution is 7.93. The third-order valence-electron chi connectivity index (χ3n) is 0.130. The van der Waals surface area contributed by atoms with Crippen LogP contribution in [0.4, 0.5) is 0 Å². The van der Waals surface area contributed by atoms with Gasteiger partial charge in [-0.25, -0.2) is 4.79 Å². The minimum Gasteiger partial charge on any atom is -0.209 e. The molecule has 6 heavy (non-hydrogen) atoms. The minimum absolute atomic E-state index is 0.771. The van der Waals surface area contributed by atoms with Crippen molar-refractivity contribution in [2.24, 2.45) is 5.10 Å². The molecular formula is CH2N2OS2. The summed E-state index contributed by atoms with van der Waals surface area (Å²) in [6.45, 7) is 0. The summed E-state index contributed by atoms with van der Waals surface area (Å²) in [6.07, 6.45) is 1.22. The van der Waals surface area contributed by atoms with Crippen LogP contribution in [-0.2, 0) is 4.79 Å². The topological polar surface area (TPSA) is 32.7 Å². The maximum atomic E-state index is 9.18. The molecule has 0 saturated carbocycles. The maximum absolute atomic E-state index is 9.18. The molecule has 0 aliphatic carbocycles. The molecule has 3 nitrogen and oxygen atoms in total. The number of rotatable bonds is 1. The van der Waals surface area contributed by atoms with Crippen LogP contribution in [0.15, 0.2) is 5.10 Å². The first kappa shape index (κ1) is 5.88. The van der Waals surface area contributed by atoms with Gasteiger partial charge in [-0.3, -0.25) is 0 Å². The zero-order valence-corrected chi connectivity index (χ0v) is 4.49. The third-order valence-corrected chi connectivity index (χ3v) is 0.309. The molecule has 5 heteroatoms. The fourth-order valence-electron chi connectivity index (χ4n) is 0.0365. The van der Waals surface area contributed by atoms with E-state index in [1.54, 1.807) is 0 Å². The number of hydrogen-bond donors (Lipinski definition) is 2. The van der Waals surface area contributed by atoms with Crippen molar-refractivity contribution >= 4 is 31.7 Å². The van der Waals surface area contributed by atoms with Crippen LogP contribution in [0, 0.1) is 0 Å². The van der Waals surface area contributed by atoms with E-state index in [0.29, 0.717) is 0 Å². The molecule has 0 saturated heterocycles. The summed E-state index contributed by atoms with van der Waals surface area (Å²) in [4.78, 5) is 9.18.